The number of hydrogen-bond acceptors (Lipinski definition) is 5. The molecular weight excluding hydrogens is 452 g/mol. The number of anilines is 2. The molecule has 2 aromatic rings. The lowest BCUT2D eigenvalue weighted by atomic mass is 9.97. The maximum Gasteiger partial charge on any atom is 0.412 e. The Morgan fingerprint density at radius 3 is 2.19 bits per heavy atom. The molecule has 0 atom stereocenters. The average molecular weight is 493 g/mol. The standard InChI is InChI=1S/C29H40N4O3/c1-28(2,3)36-27(35)31-25-9-7-6-8-24(25)30-26(34)23-14-12-22(13-15-23)19-33-17-16-32(18-21-10-11-21)20-29(33,4)5/h6-9,12-15,21H,10-11,16-20H2,1-5H3,(H,30,34)(H,31,35). The molecule has 36 heavy (non-hydrogen) atoms. The van der Waals surface area contributed by atoms with Crippen LogP contribution < -0.4 is 10.6 Å². The van der Waals surface area contributed by atoms with E-state index in [9.17, 15) is 9.59 Å². The molecule has 1 saturated heterocycles. The molecule has 2 amide bonds. The van der Waals surface area contributed by atoms with E-state index >= 15 is 0 Å². The van der Waals surface area contributed by atoms with E-state index in [1.54, 1.807) is 39.0 Å². The Morgan fingerprint density at radius 2 is 1.61 bits per heavy atom. The third-order valence-corrected chi connectivity index (χ3v) is 6.77. The first-order valence-corrected chi connectivity index (χ1v) is 13.0. The second kappa shape index (κ2) is 10.6. The monoisotopic (exact) mass is 492 g/mol. The van der Waals surface area contributed by atoms with Crippen LogP contribution >= 0.6 is 0 Å². The number of hydrogen-bond donors (Lipinski definition) is 2. The molecule has 7 heteroatoms. The Bertz CT molecular complexity index is 1070. The summed E-state index contributed by atoms with van der Waals surface area (Å²) in [7, 11) is 0. The van der Waals surface area contributed by atoms with Crippen molar-refractivity contribution in [3.05, 3.63) is 59.7 Å². The molecule has 4 rings (SSSR count). The molecule has 194 valence electrons. The number of ether oxygens (including phenoxy) is 1. The van der Waals surface area contributed by atoms with Crippen molar-refractivity contribution in [3.63, 3.8) is 0 Å². The third-order valence-electron chi connectivity index (χ3n) is 6.77. The van der Waals surface area contributed by atoms with Crippen LogP contribution in [0.25, 0.3) is 0 Å². The van der Waals surface area contributed by atoms with E-state index < -0.39 is 11.7 Å². The average Bonchev–Trinajstić information content (AvgIpc) is 3.60. The molecule has 1 aliphatic heterocycles. The van der Waals surface area contributed by atoms with Gasteiger partial charge in [0.1, 0.15) is 5.60 Å². The van der Waals surface area contributed by atoms with E-state index in [2.05, 4.69) is 34.3 Å². The van der Waals surface area contributed by atoms with Gasteiger partial charge in [-0.15, -0.1) is 0 Å². The molecular formula is C29H40N4O3. The number of amides is 2. The summed E-state index contributed by atoms with van der Waals surface area (Å²) < 4.78 is 5.33. The van der Waals surface area contributed by atoms with Gasteiger partial charge in [-0.2, -0.15) is 0 Å². The quantitative estimate of drug-likeness (QED) is 0.527. The highest BCUT2D eigenvalue weighted by molar-refractivity contribution is 6.06. The zero-order chi connectivity index (χ0) is 25.9. The van der Waals surface area contributed by atoms with E-state index in [0.717, 1.165) is 32.1 Å². The van der Waals surface area contributed by atoms with Gasteiger partial charge in [-0.25, -0.2) is 4.79 Å². The van der Waals surface area contributed by atoms with Gasteiger partial charge in [0.05, 0.1) is 11.4 Å². The van der Waals surface area contributed by atoms with Crippen LogP contribution in [-0.2, 0) is 11.3 Å². The predicted octanol–water partition coefficient (Wildman–Crippen LogP) is 5.59. The molecule has 1 heterocycles. The van der Waals surface area contributed by atoms with Gasteiger partial charge in [-0.3, -0.25) is 19.9 Å². The van der Waals surface area contributed by atoms with Crippen LogP contribution in [0.5, 0.6) is 0 Å². The van der Waals surface area contributed by atoms with Gasteiger partial charge in [0.2, 0.25) is 0 Å². The second-order valence-corrected chi connectivity index (χ2v) is 11.7. The Kier molecular flexibility index (Phi) is 7.71. The lowest BCUT2D eigenvalue weighted by Gasteiger charge is -2.47. The van der Waals surface area contributed by atoms with Crippen molar-refractivity contribution in [1.29, 1.82) is 0 Å². The maximum absolute atomic E-state index is 12.9. The summed E-state index contributed by atoms with van der Waals surface area (Å²) in [6.07, 6.45) is 2.23. The predicted molar refractivity (Wildman–Crippen MR) is 144 cm³/mol. The Hall–Kier alpha value is -2.90. The molecule has 2 N–H and O–H groups in total. The van der Waals surface area contributed by atoms with Crippen molar-refractivity contribution in [1.82, 2.24) is 9.80 Å². The number of benzene rings is 2. The van der Waals surface area contributed by atoms with E-state index in [1.807, 2.05) is 30.3 Å². The molecule has 0 aromatic heterocycles. The number of piperazine rings is 1. The molecule has 1 aliphatic carbocycles. The highest BCUT2D eigenvalue weighted by Gasteiger charge is 2.35. The van der Waals surface area contributed by atoms with Gasteiger partial charge in [0.15, 0.2) is 0 Å². The zero-order valence-corrected chi connectivity index (χ0v) is 22.3. The molecule has 0 radical (unpaired) electrons. The summed E-state index contributed by atoms with van der Waals surface area (Å²) in [4.78, 5) is 30.3. The fraction of sp³-hybridized carbons (Fsp3) is 0.517. The Balaban J connectivity index is 1.34. The smallest absolute Gasteiger partial charge is 0.412 e. The SMILES string of the molecule is CC(C)(C)OC(=O)Nc1ccccc1NC(=O)c1ccc(CN2CCN(CC3CC3)CC2(C)C)cc1. The van der Waals surface area contributed by atoms with Crippen molar-refractivity contribution >= 4 is 23.4 Å². The van der Waals surface area contributed by atoms with Crippen molar-refractivity contribution in [3.8, 4) is 0 Å². The number of nitrogens with one attached hydrogen (secondary N) is 2. The number of para-hydroxylation sites is 2. The summed E-state index contributed by atoms with van der Waals surface area (Å²) in [5, 5.41) is 5.63. The van der Waals surface area contributed by atoms with Crippen LogP contribution in [-0.4, -0.2) is 59.1 Å². The van der Waals surface area contributed by atoms with Crippen molar-refractivity contribution in [2.45, 2.75) is 65.1 Å². The number of nitrogens with zero attached hydrogens (tertiary/aromatic N) is 2. The Labute approximate surface area is 215 Å². The van der Waals surface area contributed by atoms with Gasteiger partial charge in [-0.1, -0.05) is 24.3 Å². The fourth-order valence-electron chi connectivity index (χ4n) is 4.70. The van der Waals surface area contributed by atoms with E-state index in [-0.39, 0.29) is 11.4 Å². The van der Waals surface area contributed by atoms with E-state index in [0.29, 0.717) is 16.9 Å². The molecule has 0 spiro atoms. The highest BCUT2D eigenvalue weighted by Crippen LogP contribution is 2.32. The molecule has 2 aliphatic rings. The zero-order valence-electron chi connectivity index (χ0n) is 22.3. The highest BCUT2D eigenvalue weighted by atomic mass is 16.6. The topological polar surface area (TPSA) is 73.9 Å². The summed E-state index contributed by atoms with van der Waals surface area (Å²) in [6, 6.07) is 14.9. The summed E-state index contributed by atoms with van der Waals surface area (Å²) >= 11 is 0. The largest absolute Gasteiger partial charge is 0.444 e. The number of carbonyl (C=O) groups is 2. The molecule has 2 aromatic carbocycles. The van der Waals surface area contributed by atoms with Gasteiger partial charge in [-0.05, 0) is 83.2 Å². The number of carbonyl (C=O) groups excluding carboxylic acids is 2. The fourth-order valence-corrected chi connectivity index (χ4v) is 4.70. The number of rotatable bonds is 7. The molecule has 0 unspecified atom stereocenters. The van der Waals surface area contributed by atoms with Crippen molar-refractivity contribution < 1.29 is 14.3 Å². The summed E-state index contributed by atoms with van der Waals surface area (Å²) in [6.45, 7) is 15.5. The summed E-state index contributed by atoms with van der Waals surface area (Å²) in [5.41, 5.74) is 2.28. The van der Waals surface area contributed by atoms with Gasteiger partial charge in [0.25, 0.3) is 5.91 Å². The minimum absolute atomic E-state index is 0.119. The van der Waals surface area contributed by atoms with E-state index in [4.69, 9.17) is 4.74 Å². The van der Waals surface area contributed by atoms with Crippen molar-refractivity contribution in [2.75, 3.05) is 36.8 Å². The van der Waals surface area contributed by atoms with Crippen LogP contribution in [0.15, 0.2) is 48.5 Å². The van der Waals surface area contributed by atoms with Crippen LogP contribution in [0, 0.1) is 5.92 Å². The lowest BCUT2D eigenvalue weighted by molar-refractivity contribution is 0.0120. The Morgan fingerprint density at radius 1 is 0.972 bits per heavy atom. The van der Waals surface area contributed by atoms with Gasteiger partial charge < -0.3 is 10.1 Å². The minimum atomic E-state index is -0.608. The van der Waals surface area contributed by atoms with E-state index in [1.165, 1.54) is 24.9 Å². The minimum Gasteiger partial charge on any atom is -0.444 e. The summed E-state index contributed by atoms with van der Waals surface area (Å²) in [5.74, 6) is 0.695. The molecule has 2 fully saturated rings. The van der Waals surface area contributed by atoms with Gasteiger partial charge in [0, 0.05) is 43.8 Å². The van der Waals surface area contributed by atoms with Crippen LogP contribution in [0.3, 0.4) is 0 Å². The molecule has 1 saturated carbocycles. The maximum atomic E-state index is 12.9. The molecule has 7 nitrogen and oxygen atoms in total. The first kappa shape index (κ1) is 26.2. The van der Waals surface area contributed by atoms with Crippen molar-refractivity contribution in [2.24, 2.45) is 5.92 Å². The second-order valence-electron chi connectivity index (χ2n) is 11.7. The van der Waals surface area contributed by atoms with Crippen LogP contribution in [0.1, 0.15) is 63.4 Å². The van der Waals surface area contributed by atoms with Crippen LogP contribution in [0.2, 0.25) is 0 Å². The third kappa shape index (κ3) is 7.31. The lowest BCUT2D eigenvalue weighted by Crippen LogP contribution is -2.58. The first-order chi connectivity index (χ1) is 17.0. The van der Waals surface area contributed by atoms with Gasteiger partial charge >= 0.3 is 6.09 Å². The first-order valence-electron chi connectivity index (χ1n) is 13.0. The normalized spacial score (nSPS) is 18.5. The molecule has 0 bridgehead atoms. The van der Waals surface area contributed by atoms with Crippen LogP contribution in [0.4, 0.5) is 16.2 Å².